The zero-order chi connectivity index (χ0) is 26.1. The molecule has 1 atom stereocenters. The molecule has 0 fully saturated rings. The van der Waals surface area contributed by atoms with Crippen LogP contribution in [0.5, 0.6) is 11.8 Å². The standard InChI is InChI=1S/C25H27FN8O3/c1-15-13-32(2)14-23-16(24(36-9-6-27)31-34(23)7-8-35)4-5-21-18-10-17(20(26)11-22(18)30-29-21)19-12-28-33(3)25(19)37-15/h4-5,10-12,15,35H,7-9,13-14H2,1-3H3,(H,29,30)/b5-4+/t15-/m0/s1. The van der Waals surface area contributed by atoms with Gasteiger partial charge in [0.1, 0.15) is 18.0 Å². The number of benzene rings is 1. The van der Waals surface area contributed by atoms with Crippen molar-refractivity contribution in [3.63, 3.8) is 0 Å². The maximum atomic E-state index is 15.2. The van der Waals surface area contributed by atoms with Gasteiger partial charge in [0.2, 0.25) is 11.8 Å². The molecule has 12 heteroatoms. The molecule has 4 aromatic rings. The highest BCUT2D eigenvalue weighted by Gasteiger charge is 2.23. The van der Waals surface area contributed by atoms with Gasteiger partial charge < -0.3 is 14.6 Å². The molecule has 0 radical (unpaired) electrons. The first kappa shape index (κ1) is 24.5. The average Bonchev–Trinajstić information content (AvgIpc) is 3.51. The number of nitriles is 1. The molecular weight excluding hydrogens is 479 g/mol. The van der Waals surface area contributed by atoms with Crippen molar-refractivity contribution in [2.45, 2.75) is 26.1 Å². The Bertz CT molecular complexity index is 1510. The van der Waals surface area contributed by atoms with Crippen molar-refractivity contribution in [2.75, 3.05) is 26.8 Å². The number of hydrogen-bond acceptors (Lipinski definition) is 8. The van der Waals surface area contributed by atoms with E-state index in [9.17, 15) is 5.11 Å². The number of aromatic amines is 1. The van der Waals surface area contributed by atoms with Crippen LogP contribution in [0.2, 0.25) is 0 Å². The quantitative estimate of drug-likeness (QED) is 0.432. The number of nitrogens with zero attached hydrogens (tertiary/aromatic N) is 7. The second kappa shape index (κ2) is 10.0. The Morgan fingerprint density at radius 1 is 1.30 bits per heavy atom. The molecule has 1 aliphatic rings. The van der Waals surface area contributed by atoms with Gasteiger partial charge in [-0.1, -0.05) is 0 Å². The molecule has 192 valence electrons. The van der Waals surface area contributed by atoms with E-state index in [1.807, 2.05) is 26.1 Å². The van der Waals surface area contributed by atoms with Crippen molar-refractivity contribution in [3.05, 3.63) is 41.1 Å². The minimum Gasteiger partial charge on any atom is -0.473 e. The molecule has 3 aromatic heterocycles. The summed E-state index contributed by atoms with van der Waals surface area (Å²) in [5.41, 5.74) is 3.52. The summed E-state index contributed by atoms with van der Waals surface area (Å²) in [6, 6.07) is 5.11. The van der Waals surface area contributed by atoms with Crippen molar-refractivity contribution in [2.24, 2.45) is 7.05 Å². The lowest BCUT2D eigenvalue weighted by atomic mass is 10.0. The minimum atomic E-state index is -0.418. The van der Waals surface area contributed by atoms with Gasteiger partial charge in [-0.3, -0.25) is 14.7 Å². The summed E-state index contributed by atoms with van der Waals surface area (Å²) in [6.07, 6.45) is 4.96. The third-order valence-electron chi connectivity index (χ3n) is 6.21. The van der Waals surface area contributed by atoms with E-state index in [0.717, 1.165) is 5.69 Å². The van der Waals surface area contributed by atoms with E-state index in [2.05, 4.69) is 25.3 Å². The smallest absolute Gasteiger partial charge is 0.241 e. The topological polar surface area (TPSA) is 130 Å². The Hall–Kier alpha value is -4.21. The normalized spacial score (nSPS) is 16.9. The number of likely N-dealkylation sites (N-methyl/N-ethyl adjacent to an activating group) is 1. The van der Waals surface area contributed by atoms with E-state index >= 15 is 4.39 Å². The third kappa shape index (κ3) is 4.66. The van der Waals surface area contributed by atoms with Crippen LogP contribution in [-0.2, 0) is 20.1 Å². The van der Waals surface area contributed by atoms with Gasteiger partial charge in [0.15, 0.2) is 6.61 Å². The molecule has 2 bridgehead atoms. The lowest BCUT2D eigenvalue weighted by Crippen LogP contribution is -2.32. The molecule has 1 aromatic carbocycles. The van der Waals surface area contributed by atoms with Crippen LogP contribution >= 0.6 is 0 Å². The molecule has 11 nitrogen and oxygen atoms in total. The van der Waals surface area contributed by atoms with E-state index in [1.165, 1.54) is 6.07 Å². The zero-order valence-electron chi connectivity index (χ0n) is 20.8. The predicted octanol–water partition coefficient (Wildman–Crippen LogP) is 2.58. The Morgan fingerprint density at radius 3 is 2.92 bits per heavy atom. The number of aliphatic hydroxyl groups is 1. The number of aromatic nitrogens is 6. The minimum absolute atomic E-state index is 0.111. The Kier molecular flexibility index (Phi) is 6.64. The first-order valence-corrected chi connectivity index (χ1v) is 11.8. The number of aryl methyl sites for hydroxylation is 1. The second-order valence-corrected chi connectivity index (χ2v) is 8.99. The maximum absolute atomic E-state index is 15.2. The molecule has 0 unspecified atom stereocenters. The molecule has 0 saturated heterocycles. The lowest BCUT2D eigenvalue weighted by Gasteiger charge is -2.23. The highest BCUT2D eigenvalue weighted by Crippen LogP contribution is 2.36. The van der Waals surface area contributed by atoms with Crippen LogP contribution in [0.4, 0.5) is 4.39 Å². The Morgan fingerprint density at radius 2 is 2.14 bits per heavy atom. The summed E-state index contributed by atoms with van der Waals surface area (Å²) in [5, 5.41) is 35.5. The molecule has 5 rings (SSSR count). The van der Waals surface area contributed by atoms with Crippen molar-refractivity contribution in [1.82, 2.24) is 34.7 Å². The molecule has 0 aliphatic carbocycles. The van der Waals surface area contributed by atoms with Crippen LogP contribution in [0.1, 0.15) is 23.9 Å². The molecule has 37 heavy (non-hydrogen) atoms. The molecule has 1 aliphatic heterocycles. The summed E-state index contributed by atoms with van der Waals surface area (Å²) < 4.78 is 30.4. The van der Waals surface area contributed by atoms with Crippen LogP contribution in [0, 0.1) is 17.1 Å². The van der Waals surface area contributed by atoms with Crippen molar-refractivity contribution < 1.29 is 19.0 Å². The van der Waals surface area contributed by atoms with Crippen molar-refractivity contribution in [3.8, 4) is 29.0 Å². The van der Waals surface area contributed by atoms with E-state index in [0.29, 0.717) is 52.3 Å². The largest absolute Gasteiger partial charge is 0.473 e. The van der Waals surface area contributed by atoms with Gasteiger partial charge >= 0.3 is 0 Å². The molecule has 0 spiro atoms. The number of nitrogens with one attached hydrogen (secondary N) is 1. The molecule has 0 saturated carbocycles. The predicted molar refractivity (Wildman–Crippen MR) is 134 cm³/mol. The number of halogens is 1. The molecule has 4 heterocycles. The Labute approximate surface area is 212 Å². The van der Waals surface area contributed by atoms with Crippen LogP contribution in [-0.4, -0.2) is 72.7 Å². The fourth-order valence-corrected chi connectivity index (χ4v) is 4.60. The average molecular weight is 507 g/mol. The van der Waals surface area contributed by atoms with Crippen LogP contribution in [0.3, 0.4) is 0 Å². The monoisotopic (exact) mass is 506 g/mol. The first-order chi connectivity index (χ1) is 17.9. The van der Waals surface area contributed by atoms with Crippen LogP contribution < -0.4 is 9.47 Å². The Balaban J connectivity index is 1.71. The van der Waals surface area contributed by atoms with Gasteiger partial charge in [-0.2, -0.15) is 15.5 Å². The first-order valence-electron chi connectivity index (χ1n) is 11.8. The van der Waals surface area contributed by atoms with E-state index in [1.54, 1.807) is 34.8 Å². The number of rotatable bonds is 4. The van der Waals surface area contributed by atoms with Crippen molar-refractivity contribution >= 4 is 23.1 Å². The third-order valence-corrected chi connectivity index (χ3v) is 6.21. The van der Waals surface area contributed by atoms with E-state index < -0.39 is 5.82 Å². The number of hydrogen-bond donors (Lipinski definition) is 2. The summed E-state index contributed by atoms with van der Waals surface area (Å²) in [6.45, 7) is 2.92. The van der Waals surface area contributed by atoms with Gasteiger partial charge in [0.25, 0.3) is 0 Å². The van der Waals surface area contributed by atoms with Gasteiger partial charge in [0, 0.05) is 37.2 Å². The summed E-state index contributed by atoms with van der Waals surface area (Å²) >= 11 is 0. The number of aliphatic hydroxyl groups excluding tert-OH is 1. The number of fused-ring (bicyclic) bond motifs is 4. The highest BCUT2D eigenvalue weighted by molar-refractivity contribution is 5.93. The fourth-order valence-electron chi connectivity index (χ4n) is 4.60. The van der Waals surface area contributed by atoms with Gasteiger partial charge in [-0.15, -0.1) is 5.10 Å². The second-order valence-electron chi connectivity index (χ2n) is 8.99. The summed E-state index contributed by atoms with van der Waals surface area (Å²) in [7, 11) is 3.70. The number of H-pyrrole nitrogens is 1. The fraction of sp³-hybridized carbons (Fsp3) is 0.360. The summed E-state index contributed by atoms with van der Waals surface area (Å²) in [4.78, 5) is 2.06. The molecule has 2 N–H and O–H groups in total. The van der Waals surface area contributed by atoms with Gasteiger partial charge in [-0.25, -0.2) is 9.07 Å². The SMILES string of the molecule is C[C@H]1CN(C)Cc2c(c(OCC#N)nn2CCO)/C=C/c2n[nH]c3cc(F)c(cc23)-c2cnn(C)c2O1. The molecule has 0 amide bonds. The van der Waals surface area contributed by atoms with E-state index in [-0.39, 0.29) is 31.7 Å². The van der Waals surface area contributed by atoms with Gasteiger partial charge in [0.05, 0.1) is 47.4 Å². The number of ether oxygens (including phenoxy) is 2. The van der Waals surface area contributed by atoms with Crippen molar-refractivity contribution in [1.29, 1.82) is 5.26 Å². The molecular formula is C25H27FN8O3. The van der Waals surface area contributed by atoms with E-state index in [4.69, 9.17) is 14.7 Å². The van der Waals surface area contributed by atoms with Crippen LogP contribution in [0.25, 0.3) is 34.2 Å². The maximum Gasteiger partial charge on any atom is 0.241 e. The summed E-state index contributed by atoms with van der Waals surface area (Å²) in [5.74, 6) is 0.333. The lowest BCUT2D eigenvalue weighted by molar-refractivity contribution is 0.146. The zero-order valence-corrected chi connectivity index (χ0v) is 20.8. The van der Waals surface area contributed by atoms with Gasteiger partial charge in [-0.05, 0) is 32.2 Å². The highest BCUT2D eigenvalue weighted by atomic mass is 19.1. The van der Waals surface area contributed by atoms with Crippen LogP contribution in [0.15, 0.2) is 18.3 Å².